The lowest BCUT2D eigenvalue weighted by molar-refractivity contribution is 0.102. The molecule has 1 amide bonds. The number of nitrogens with one attached hydrogen (secondary N) is 1. The first-order valence-electron chi connectivity index (χ1n) is 11.5. The third-order valence-electron chi connectivity index (χ3n) is 5.85. The van der Waals surface area contributed by atoms with Gasteiger partial charge in [0.15, 0.2) is 0 Å². The van der Waals surface area contributed by atoms with Gasteiger partial charge in [-0.25, -0.2) is 14.1 Å². The van der Waals surface area contributed by atoms with Gasteiger partial charge in [-0.3, -0.25) is 9.36 Å². The SMILES string of the molecule is COc1cccc(-c2cc(NC(=O)c3ccc4c(c3)ncn4-c3cccc(F)c3)n(C(C)(C)C)n2)c1. The zero-order chi connectivity index (χ0) is 25.4. The van der Waals surface area contributed by atoms with E-state index >= 15 is 0 Å². The normalized spacial score (nSPS) is 11.6. The minimum Gasteiger partial charge on any atom is -0.497 e. The highest BCUT2D eigenvalue weighted by Gasteiger charge is 2.22. The number of hydrogen-bond acceptors (Lipinski definition) is 4. The molecule has 5 aromatic rings. The number of ether oxygens (including phenoxy) is 1. The molecule has 0 radical (unpaired) electrons. The molecule has 0 aliphatic heterocycles. The van der Waals surface area contributed by atoms with Crippen molar-refractivity contribution in [2.45, 2.75) is 26.3 Å². The van der Waals surface area contributed by atoms with Crippen molar-refractivity contribution in [3.8, 4) is 22.7 Å². The standard InChI is InChI=1S/C28H26FN5O2/c1-28(2,3)34-26(16-23(32-34)18-7-5-10-22(13-18)36-4)31-27(35)19-11-12-25-24(14-19)30-17-33(25)21-9-6-8-20(29)15-21/h5-17H,1-4H3,(H,31,35). The lowest BCUT2D eigenvalue weighted by atomic mass is 10.1. The Morgan fingerprint density at radius 2 is 1.81 bits per heavy atom. The molecule has 0 aliphatic rings. The van der Waals surface area contributed by atoms with Gasteiger partial charge >= 0.3 is 0 Å². The average molecular weight is 484 g/mol. The largest absolute Gasteiger partial charge is 0.497 e. The van der Waals surface area contributed by atoms with Crippen LogP contribution >= 0.6 is 0 Å². The van der Waals surface area contributed by atoms with E-state index in [1.54, 1.807) is 47.0 Å². The van der Waals surface area contributed by atoms with Crippen molar-refractivity contribution in [1.82, 2.24) is 19.3 Å². The molecule has 2 aromatic heterocycles. The van der Waals surface area contributed by atoms with Gasteiger partial charge in [0, 0.05) is 17.2 Å². The van der Waals surface area contributed by atoms with E-state index in [9.17, 15) is 9.18 Å². The van der Waals surface area contributed by atoms with E-state index in [1.165, 1.54) is 12.1 Å². The number of rotatable bonds is 5. The molecular weight excluding hydrogens is 457 g/mol. The Morgan fingerprint density at radius 3 is 2.56 bits per heavy atom. The number of nitrogens with zero attached hydrogens (tertiary/aromatic N) is 4. The number of hydrogen-bond donors (Lipinski definition) is 1. The molecule has 5 rings (SSSR count). The molecule has 7 nitrogen and oxygen atoms in total. The Hall–Kier alpha value is -4.46. The van der Waals surface area contributed by atoms with Crippen molar-refractivity contribution in [2.24, 2.45) is 0 Å². The molecule has 0 bridgehead atoms. The van der Waals surface area contributed by atoms with E-state index in [4.69, 9.17) is 9.84 Å². The van der Waals surface area contributed by atoms with E-state index in [0.29, 0.717) is 22.6 Å². The zero-order valence-electron chi connectivity index (χ0n) is 20.5. The van der Waals surface area contributed by atoms with Crippen molar-refractivity contribution in [3.05, 3.63) is 90.5 Å². The molecule has 2 heterocycles. The molecule has 3 aromatic carbocycles. The van der Waals surface area contributed by atoms with Crippen molar-refractivity contribution < 1.29 is 13.9 Å². The molecule has 182 valence electrons. The third kappa shape index (κ3) is 4.45. The molecule has 36 heavy (non-hydrogen) atoms. The quantitative estimate of drug-likeness (QED) is 0.331. The van der Waals surface area contributed by atoms with Gasteiger partial charge in [0.1, 0.15) is 23.7 Å². The van der Waals surface area contributed by atoms with Crippen LogP contribution in [0, 0.1) is 5.82 Å². The highest BCUT2D eigenvalue weighted by Crippen LogP contribution is 2.29. The summed E-state index contributed by atoms with van der Waals surface area (Å²) in [6.07, 6.45) is 1.62. The van der Waals surface area contributed by atoms with Crippen LogP contribution in [0.5, 0.6) is 5.75 Å². The fourth-order valence-corrected chi connectivity index (χ4v) is 4.08. The molecule has 0 fully saturated rings. The highest BCUT2D eigenvalue weighted by molar-refractivity contribution is 6.05. The second-order valence-corrected chi connectivity index (χ2v) is 9.48. The summed E-state index contributed by atoms with van der Waals surface area (Å²) in [7, 11) is 1.62. The number of halogens is 1. The molecule has 0 saturated heterocycles. The van der Waals surface area contributed by atoms with Crippen LogP contribution in [0.4, 0.5) is 10.2 Å². The number of methoxy groups -OCH3 is 1. The van der Waals surface area contributed by atoms with Crippen LogP contribution in [0.3, 0.4) is 0 Å². The van der Waals surface area contributed by atoms with Crippen molar-refractivity contribution in [2.75, 3.05) is 12.4 Å². The predicted octanol–water partition coefficient (Wildman–Crippen LogP) is 6.04. The van der Waals surface area contributed by atoms with Gasteiger partial charge in [-0.05, 0) is 69.3 Å². The van der Waals surface area contributed by atoms with Crippen LogP contribution in [0.15, 0.2) is 79.1 Å². The zero-order valence-corrected chi connectivity index (χ0v) is 20.5. The Balaban J connectivity index is 1.46. The van der Waals surface area contributed by atoms with Gasteiger partial charge in [0.2, 0.25) is 0 Å². The smallest absolute Gasteiger partial charge is 0.256 e. The van der Waals surface area contributed by atoms with Crippen molar-refractivity contribution in [3.63, 3.8) is 0 Å². The molecule has 0 spiro atoms. The Labute approximate surface area is 208 Å². The van der Waals surface area contributed by atoms with Gasteiger partial charge in [-0.1, -0.05) is 18.2 Å². The van der Waals surface area contributed by atoms with Crippen LogP contribution in [-0.2, 0) is 5.54 Å². The minimum atomic E-state index is -0.368. The summed E-state index contributed by atoms with van der Waals surface area (Å²) in [5.41, 5.74) is 3.77. The van der Waals surface area contributed by atoms with Gasteiger partial charge in [-0.15, -0.1) is 0 Å². The van der Waals surface area contributed by atoms with Gasteiger partial charge in [0.05, 0.1) is 35.1 Å². The maximum Gasteiger partial charge on any atom is 0.256 e. The molecule has 8 heteroatoms. The van der Waals surface area contributed by atoms with Gasteiger partial charge in [0.25, 0.3) is 5.91 Å². The first-order valence-corrected chi connectivity index (χ1v) is 11.5. The topological polar surface area (TPSA) is 74.0 Å². The summed E-state index contributed by atoms with van der Waals surface area (Å²) in [4.78, 5) is 17.7. The van der Waals surface area contributed by atoms with E-state index < -0.39 is 0 Å². The number of fused-ring (bicyclic) bond motifs is 1. The molecular formula is C28H26FN5O2. The first kappa shape index (κ1) is 23.3. The summed E-state index contributed by atoms with van der Waals surface area (Å²) < 4.78 is 22.6. The highest BCUT2D eigenvalue weighted by atomic mass is 19.1. The van der Waals surface area contributed by atoms with Gasteiger partial charge < -0.3 is 10.1 Å². The number of amides is 1. The van der Waals surface area contributed by atoms with Crippen LogP contribution < -0.4 is 10.1 Å². The fourth-order valence-electron chi connectivity index (χ4n) is 4.08. The Bertz CT molecular complexity index is 1580. The lowest BCUT2D eigenvalue weighted by Gasteiger charge is -2.22. The van der Waals surface area contributed by atoms with Crippen LogP contribution in [0.25, 0.3) is 28.0 Å². The summed E-state index contributed by atoms with van der Waals surface area (Å²) in [6.45, 7) is 6.07. The number of anilines is 1. The second-order valence-electron chi connectivity index (χ2n) is 9.48. The van der Waals surface area contributed by atoms with Crippen molar-refractivity contribution in [1.29, 1.82) is 0 Å². The molecule has 0 atom stereocenters. The van der Waals surface area contributed by atoms with E-state index in [2.05, 4.69) is 10.3 Å². The van der Waals surface area contributed by atoms with Crippen LogP contribution in [0.1, 0.15) is 31.1 Å². The fraction of sp³-hybridized carbons (Fsp3) is 0.179. The molecule has 1 N–H and O–H groups in total. The summed E-state index contributed by atoms with van der Waals surface area (Å²) in [6, 6.07) is 21.0. The van der Waals surface area contributed by atoms with E-state index in [0.717, 1.165) is 22.5 Å². The van der Waals surface area contributed by atoms with Gasteiger partial charge in [-0.2, -0.15) is 5.10 Å². The molecule has 0 unspecified atom stereocenters. The lowest BCUT2D eigenvalue weighted by Crippen LogP contribution is -2.26. The van der Waals surface area contributed by atoms with E-state index in [-0.39, 0.29) is 17.3 Å². The second kappa shape index (κ2) is 8.96. The number of carbonyl (C=O) groups is 1. The monoisotopic (exact) mass is 483 g/mol. The summed E-state index contributed by atoms with van der Waals surface area (Å²) >= 11 is 0. The van der Waals surface area contributed by atoms with Crippen molar-refractivity contribution >= 4 is 22.8 Å². The number of aromatic nitrogens is 4. The molecule has 0 saturated carbocycles. The third-order valence-corrected chi connectivity index (χ3v) is 5.85. The average Bonchev–Trinajstić information content (AvgIpc) is 3.48. The maximum atomic E-state index is 13.7. The Kier molecular flexibility index (Phi) is 5.80. The Morgan fingerprint density at radius 1 is 1.00 bits per heavy atom. The summed E-state index contributed by atoms with van der Waals surface area (Å²) in [5.74, 6) is 0.707. The van der Waals surface area contributed by atoms with E-state index in [1.807, 2.05) is 57.2 Å². The van der Waals surface area contributed by atoms with Crippen LogP contribution in [0.2, 0.25) is 0 Å². The minimum absolute atomic E-state index is 0.278. The number of carbonyl (C=O) groups excluding carboxylic acids is 1. The molecule has 0 aliphatic carbocycles. The van der Waals surface area contributed by atoms with Crippen LogP contribution in [-0.4, -0.2) is 32.3 Å². The number of benzene rings is 3. The first-order chi connectivity index (χ1) is 17.2. The summed E-state index contributed by atoms with van der Waals surface area (Å²) in [5, 5.41) is 7.78. The number of imidazole rings is 1. The predicted molar refractivity (Wildman–Crippen MR) is 138 cm³/mol. The maximum absolute atomic E-state index is 13.7.